The second-order valence-electron chi connectivity index (χ2n) is 6.97. The number of anilines is 1. The fourth-order valence-electron chi connectivity index (χ4n) is 3.12. The number of nitrogens with zero attached hydrogens (tertiary/aromatic N) is 2. The first-order chi connectivity index (χ1) is 14.9. The average molecular weight is 440 g/mol. The molecule has 1 atom stereocenters. The highest BCUT2D eigenvalue weighted by Crippen LogP contribution is 2.31. The number of rotatable bonds is 7. The molecule has 162 valence electrons. The molecule has 1 fully saturated rings. The second kappa shape index (κ2) is 10.3. The number of nitrogens with one attached hydrogen (secondary N) is 1. The Hall–Kier alpha value is -3.13. The number of hydrogen-bond donors (Lipinski definition) is 1. The molecule has 0 bridgehead atoms. The van der Waals surface area contributed by atoms with Crippen LogP contribution in [0.15, 0.2) is 53.5 Å². The van der Waals surface area contributed by atoms with E-state index in [-0.39, 0.29) is 24.2 Å². The first kappa shape index (κ1) is 22.6. The van der Waals surface area contributed by atoms with Gasteiger partial charge in [0.05, 0.1) is 17.9 Å². The van der Waals surface area contributed by atoms with E-state index in [0.29, 0.717) is 35.3 Å². The zero-order valence-corrected chi connectivity index (χ0v) is 18.6. The number of amides is 2. The molecule has 1 N–H and O–H groups in total. The maximum atomic E-state index is 12.8. The van der Waals surface area contributed by atoms with E-state index in [2.05, 4.69) is 10.3 Å². The molecule has 2 aromatic carbocycles. The minimum Gasteiger partial charge on any atom is -0.462 e. The zero-order valence-electron chi connectivity index (χ0n) is 17.8. The largest absolute Gasteiger partial charge is 0.462 e. The number of aryl methyl sites for hydroxylation is 1. The molecule has 2 aromatic rings. The quantitative estimate of drug-likeness (QED) is 0.655. The maximum Gasteiger partial charge on any atom is 0.338 e. The van der Waals surface area contributed by atoms with Gasteiger partial charge in [-0.25, -0.2) is 9.79 Å². The number of thioether (sulfide) groups is 1. The van der Waals surface area contributed by atoms with Crippen LogP contribution in [-0.2, 0) is 14.3 Å². The molecule has 7 nitrogen and oxygen atoms in total. The summed E-state index contributed by atoms with van der Waals surface area (Å²) in [5.74, 6) is -0.733. The van der Waals surface area contributed by atoms with E-state index in [1.54, 1.807) is 36.1 Å². The highest BCUT2D eigenvalue weighted by Gasteiger charge is 2.38. The van der Waals surface area contributed by atoms with E-state index >= 15 is 0 Å². The summed E-state index contributed by atoms with van der Waals surface area (Å²) in [7, 11) is 0. The van der Waals surface area contributed by atoms with E-state index in [1.165, 1.54) is 11.8 Å². The first-order valence-corrected chi connectivity index (χ1v) is 11.0. The van der Waals surface area contributed by atoms with Gasteiger partial charge in [0.15, 0.2) is 5.17 Å². The number of ether oxygens (including phenoxy) is 1. The van der Waals surface area contributed by atoms with Crippen LogP contribution in [0.25, 0.3) is 0 Å². The van der Waals surface area contributed by atoms with Gasteiger partial charge < -0.3 is 10.1 Å². The van der Waals surface area contributed by atoms with Gasteiger partial charge in [0.2, 0.25) is 11.8 Å². The molecule has 0 spiro atoms. The predicted octanol–water partition coefficient (Wildman–Crippen LogP) is 4.15. The van der Waals surface area contributed by atoms with Crippen LogP contribution < -0.4 is 5.32 Å². The van der Waals surface area contributed by atoms with Crippen molar-refractivity contribution in [1.82, 2.24) is 4.90 Å². The summed E-state index contributed by atoms with van der Waals surface area (Å²) in [4.78, 5) is 43.2. The lowest BCUT2D eigenvalue weighted by Gasteiger charge is -2.13. The van der Waals surface area contributed by atoms with E-state index < -0.39 is 5.25 Å². The summed E-state index contributed by atoms with van der Waals surface area (Å²) < 4.78 is 4.98. The molecule has 3 rings (SSSR count). The Labute approximate surface area is 185 Å². The Morgan fingerprint density at radius 1 is 1.16 bits per heavy atom. The van der Waals surface area contributed by atoms with Crippen LogP contribution in [0.1, 0.15) is 36.2 Å². The third-order valence-electron chi connectivity index (χ3n) is 4.61. The van der Waals surface area contributed by atoms with Crippen LogP contribution >= 0.6 is 11.8 Å². The van der Waals surface area contributed by atoms with E-state index in [0.717, 1.165) is 5.56 Å². The van der Waals surface area contributed by atoms with Crippen molar-refractivity contribution in [1.29, 1.82) is 0 Å². The highest BCUT2D eigenvalue weighted by atomic mass is 32.2. The molecular weight excluding hydrogens is 414 g/mol. The summed E-state index contributed by atoms with van der Waals surface area (Å²) in [5.41, 5.74) is 2.82. The zero-order chi connectivity index (χ0) is 22.4. The molecule has 1 saturated heterocycles. The summed E-state index contributed by atoms with van der Waals surface area (Å²) in [6, 6.07) is 14.2. The molecule has 0 radical (unpaired) electrons. The molecule has 31 heavy (non-hydrogen) atoms. The first-order valence-electron chi connectivity index (χ1n) is 10.1. The monoisotopic (exact) mass is 439 g/mol. The Kier molecular flexibility index (Phi) is 7.46. The van der Waals surface area contributed by atoms with Crippen LogP contribution in [0.3, 0.4) is 0 Å². The molecule has 0 aromatic heterocycles. The van der Waals surface area contributed by atoms with Crippen molar-refractivity contribution in [2.75, 3.05) is 18.5 Å². The summed E-state index contributed by atoms with van der Waals surface area (Å²) in [6.45, 7) is 6.34. The summed E-state index contributed by atoms with van der Waals surface area (Å²) in [6.07, 6.45) is 0.0642. The number of carbonyl (C=O) groups is 3. The number of hydrogen-bond acceptors (Lipinski definition) is 6. The molecule has 1 heterocycles. The Bertz CT molecular complexity index is 1000. The van der Waals surface area contributed by atoms with Crippen molar-refractivity contribution in [2.24, 2.45) is 4.99 Å². The minimum atomic E-state index is -0.526. The van der Waals surface area contributed by atoms with Crippen molar-refractivity contribution in [2.45, 2.75) is 32.4 Å². The number of carbonyl (C=O) groups excluding carboxylic acids is 3. The average Bonchev–Trinajstić information content (AvgIpc) is 3.02. The lowest BCUT2D eigenvalue weighted by atomic mass is 10.2. The highest BCUT2D eigenvalue weighted by molar-refractivity contribution is 8.15. The van der Waals surface area contributed by atoms with Crippen molar-refractivity contribution in [3.8, 4) is 0 Å². The molecule has 1 aliphatic rings. The van der Waals surface area contributed by atoms with Gasteiger partial charge in [-0.1, -0.05) is 23.9 Å². The third-order valence-corrected chi connectivity index (χ3v) is 5.79. The molecule has 2 amide bonds. The lowest BCUT2D eigenvalue weighted by molar-refractivity contribution is -0.128. The van der Waals surface area contributed by atoms with Crippen molar-refractivity contribution < 1.29 is 19.1 Å². The third kappa shape index (κ3) is 5.73. The molecule has 0 aliphatic carbocycles. The molecule has 1 aliphatic heterocycles. The fourth-order valence-corrected chi connectivity index (χ4v) is 4.34. The van der Waals surface area contributed by atoms with Crippen molar-refractivity contribution in [3.05, 3.63) is 59.7 Å². The number of benzene rings is 2. The van der Waals surface area contributed by atoms with Gasteiger partial charge in [0.25, 0.3) is 0 Å². The number of aliphatic imine (C=N–C) groups is 1. The van der Waals surface area contributed by atoms with Gasteiger partial charge in [-0.15, -0.1) is 0 Å². The van der Waals surface area contributed by atoms with Crippen LogP contribution in [0.2, 0.25) is 0 Å². The molecule has 0 saturated carbocycles. The maximum absolute atomic E-state index is 12.8. The van der Waals surface area contributed by atoms with E-state index in [4.69, 9.17) is 4.74 Å². The number of esters is 1. The van der Waals surface area contributed by atoms with E-state index in [1.807, 2.05) is 38.1 Å². The van der Waals surface area contributed by atoms with Gasteiger partial charge in [-0.3, -0.25) is 14.5 Å². The molecule has 1 unspecified atom stereocenters. The molecule has 8 heteroatoms. The number of amidine groups is 1. The van der Waals surface area contributed by atoms with E-state index in [9.17, 15) is 14.4 Å². The normalized spacial score (nSPS) is 17.1. The smallest absolute Gasteiger partial charge is 0.338 e. The standard InChI is InChI=1S/C23H25N3O4S/c1-4-26-21(28)19(14-20(27)24-18-8-6-7-15(3)13-18)31-23(26)25-17-11-9-16(10-12-17)22(29)30-5-2/h6-13,19H,4-5,14H2,1-3H3,(H,24,27). The summed E-state index contributed by atoms with van der Waals surface area (Å²) in [5, 5.41) is 2.87. The van der Waals surface area contributed by atoms with Crippen molar-refractivity contribution >= 4 is 46.1 Å². The topological polar surface area (TPSA) is 88.1 Å². The van der Waals surface area contributed by atoms with Crippen LogP contribution in [-0.4, -0.2) is 46.3 Å². The fraction of sp³-hybridized carbons (Fsp3) is 0.304. The molecular formula is C23H25N3O4S. The van der Waals surface area contributed by atoms with Crippen LogP contribution in [0.5, 0.6) is 0 Å². The minimum absolute atomic E-state index is 0.0642. The Balaban J connectivity index is 1.69. The lowest BCUT2D eigenvalue weighted by Crippen LogP contribution is -2.33. The van der Waals surface area contributed by atoms with Gasteiger partial charge in [0.1, 0.15) is 5.25 Å². The van der Waals surface area contributed by atoms with Gasteiger partial charge in [-0.2, -0.15) is 0 Å². The van der Waals surface area contributed by atoms with Crippen LogP contribution in [0.4, 0.5) is 11.4 Å². The summed E-state index contributed by atoms with van der Waals surface area (Å²) >= 11 is 1.28. The Morgan fingerprint density at radius 3 is 2.55 bits per heavy atom. The van der Waals surface area contributed by atoms with Gasteiger partial charge >= 0.3 is 5.97 Å². The van der Waals surface area contributed by atoms with Crippen molar-refractivity contribution in [3.63, 3.8) is 0 Å². The van der Waals surface area contributed by atoms with Gasteiger partial charge in [0, 0.05) is 18.7 Å². The predicted molar refractivity (Wildman–Crippen MR) is 123 cm³/mol. The Morgan fingerprint density at radius 2 is 1.90 bits per heavy atom. The SMILES string of the molecule is CCOC(=O)c1ccc(N=C2SC(CC(=O)Nc3cccc(C)c3)C(=O)N2CC)cc1. The van der Waals surface area contributed by atoms with Gasteiger partial charge in [-0.05, 0) is 62.7 Å². The van der Waals surface area contributed by atoms with Crippen LogP contribution in [0, 0.1) is 6.92 Å². The second-order valence-corrected chi connectivity index (χ2v) is 8.14.